The molecule has 2 aromatic carbocycles. The number of anilines is 3. The molecule has 0 radical (unpaired) electrons. The van der Waals surface area contributed by atoms with Gasteiger partial charge in [-0.2, -0.15) is 0 Å². The molecule has 1 N–H and O–H groups in total. The third-order valence-electron chi connectivity index (χ3n) is 5.38. The number of morpholine rings is 1. The van der Waals surface area contributed by atoms with E-state index in [2.05, 4.69) is 16.3 Å². The molecule has 2 heterocycles. The molecule has 0 spiro atoms. The van der Waals surface area contributed by atoms with E-state index in [1.807, 2.05) is 36.6 Å². The Hall–Kier alpha value is -3.16. The van der Waals surface area contributed by atoms with Crippen LogP contribution in [-0.2, 0) is 4.74 Å². The van der Waals surface area contributed by atoms with Crippen molar-refractivity contribution in [3.05, 3.63) is 76.0 Å². The number of carbonyl (C=O) groups is 2. The van der Waals surface area contributed by atoms with Crippen molar-refractivity contribution in [2.45, 2.75) is 6.92 Å². The van der Waals surface area contributed by atoms with Crippen molar-refractivity contribution in [2.24, 2.45) is 0 Å². The fourth-order valence-corrected chi connectivity index (χ4v) is 4.33. The Morgan fingerprint density at radius 1 is 1.06 bits per heavy atom. The molecule has 1 aromatic heterocycles. The zero-order valence-electron chi connectivity index (χ0n) is 17.6. The average molecular weight is 436 g/mol. The number of thiophene rings is 1. The zero-order chi connectivity index (χ0) is 21.8. The number of rotatable bonds is 5. The van der Waals surface area contributed by atoms with Crippen LogP contribution in [0.1, 0.15) is 25.6 Å². The van der Waals surface area contributed by atoms with Gasteiger partial charge in [-0.1, -0.05) is 18.2 Å². The second-order valence-electron chi connectivity index (χ2n) is 7.41. The number of ether oxygens (including phenoxy) is 1. The second-order valence-corrected chi connectivity index (χ2v) is 8.36. The summed E-state index contributed by atoms with van der Waals surface area (Å²) < 4.78 is 5.42. The highest BCUT2D eigenvalue weighted by Crippen LogP contribution is 2.27. The lowest BCUT2D eigenvalue weighted by Crippen LogP contribution is -2.36. The Morgan fingerprint density at radius 3 is 2.55 bits per heavy atom. The number of hydrogen-bond donors (Lipinski definition) is 1. The van der Waals surface area contributed by atoms with Crippen LogP contribution in [-0.4, -0.2) is 45.2 Å². The highest BCUT2D eigenvalue weighted by Gasteiger charge is 2.21. The average Bonchev–Trinajstić information content (AvgIpc) is 3.35. The standard InChI is InChI=1S/C24H25N3O3S/c1-17-16-18(27-11-13-30-14-12-27)9-10-20(17)25-23(28)19-6-3-4-7-21(19)26(2)24(29)22-8-5-15-31-22/h3-10,15-16H,11-14H2,1-2H3,(H,25,28). The van der Waals surface area contributed by atoms with Gasteiger partial charge in [0.1, 0.15) is 0 Å². The molecule has 0 atom stereocenters. The molecule has 4 rings (SSSR count). The van der Waals surface area contributed by atoms with Gasteiger partial charge < -0.3 is 19.9 Å². The normalized spacial score (nSPS) is 13.7. The first-order chi connectivity index (χ1) is 15.0. The van der Waals surface area contributed by atoms with Crippen LogP contribution in [0.4, 0.5) is 17.1 Å². The van der Waals surface area contributed by atoms with E-state index >= 15 is 0 Å². The minimum atomic E-state index is -0.247. The first kappa shape index (κ1) is 21.1. The summed E-state index contributed by atoms with van der Waals surface area (Å²) in [5.74, 6) is -0.384. The molecule has 0 aliphatic carbocycles. The van der Waals surface area contributed by atoms with Crippen molar-refractivity contribution in [1.29, 1.82) is 0 Å². The van der Waals surface area contributed by atoms with E-state index in [1.54, 1.807) is 31.3 Å². The van der Waals surface area contributed by atoms with Crippen molar-refractivity contribution >= 4 is 40.2 Å². The fourth-order valence-electron chi connectivity index (χ4n) is 3.63. The van der Waals surface area contributed by atoms with Crippen LogP contribution < -0.4 is 15.1 Å². The largest absolute Gasteiger partial charge is 0.378 e. The molecule has 0 bridgehead atoms. The van der Waals surface area contributed by atoms with Crippen molar-refractivity contribution < 1.29 is 14.3 Å². The lowest BCUT2D eigenvalue weighted by molar-refractivity contribution is 0.0996. The lowest BCUT2D eigenvalue weighted by atomic mass is 10.1. The number of para-hydroxylation sites is 1. The van der Waals surface area contributed by atoms with E-state index in [1.165, 1.54) is 16.2 Å². The molecule has 0 unspecified atom stereocenters. The van der Waals surface area contributed by atoms with Gasteiger partial charge in [0.2, 0.25) is 0 Å². The monoisotopic (exact) mass is 435 g/mol. The molecule has 2 amide bonds. The highest BCUT2D eigenvalue weighted by atomic mass is 32.1. The third kappa shape index (κ3) is 4.62. The van der Waals surface area contributed by atoms with Crippen LogP contribution in [0.15, 0.2) is 60.0 Å². The van der Waals surface area contributed by atoms with Gasteiger partial charge in [0, 0.05) is 31.5 Å². The predicted octanol–water partition coefficient (Wildman–Crippen LogP) is 4.42. The summed E-state index contributed by atoms with van der Waals surface area (Å²) in [6.45, 7) is 5.17. The van der Waals surface area contributed by atoms with E-state index in [4.69, 9.17) is 4.74 Å². The maximum Gasteiger partial charge on any atom is 0.268 e. The number of aryl methyl sites for hydroxylation is 1. The second kappa shape index (κ2) is 9.32. The van der Waals surface area contributed by atoms with E-state index in [0.717, 1.165) is 43.2 Å². The fraction of sp³-hybridized carbons (Fsp3) is 0.250. The number of nitrogens with zero attached hydrogens (tertiary/aromatic N) is 2. The van der Waals surface area contributed by atoms with E-state index in [0.29, 0.717) is 16.1 Å². The zero-order valence-corrected chi connectivity index (χ0v) is 18.4. The molecular weight excluding hydrogens is 410 g/mol. The lowest BCUT2D eigenvalue weighted by Gasteiger charge is -2.29. The van der Waals surface area contributed by atoms with Crippen molar-refractivity contribution in [2.75, 3.05) is 48.5 Å². The Bertz CT molecular complexity index is 1080. The summed E-state index contributed by atoms with van der Waals surface area (Å²) in [5, 5.41) is 4.87. The number of nitrogens with one attached hydrogen (secondary N) is 1. The minimum Gasteiger partial charge on any atom is -0.378 e. The first-order valence-corrected chi connectivity index (χ1v) is 11.1. The topological polar surface area (TPSA) is 61.9 Å². The molecule has 3 aromatic rings. The van der Waals surface area contributed by atoms with Gasteiger partial charge in [-0.05, 0) is 54.3 Å². The molecule has 7 heteroatoms. The smallest absolute Gasteiger partial charge is 0.268 e. The molecule has 1 saturated heterocycles. The van der Waals surface area contributed by atoms with Gasteiger partial charge in [-0.15, -0.1) is 11.3 Å². The Labute approximate surface area is 186 Å². The summed E-state index contributed by atoms with van der Waals surface area (Å²) in [5.41, 5.74) is 3.88. The number of carbonyl (C=O) groups excluding carboxylic acids is 2. The Morgan fingerprint density at radius 2 is 1.84 bits per heavy atom. The van der Waals surface area contributed by atoms with Gasteiger partial charge in [0.15, 0.2) is 0 Å². The van der Waals surface area contributed by atoms with E-state index < -0.39 is 0 Å². The minimum absolute atomic E-state index is 0.138. The molecular formula is C24H25N3O3S. The van der Waals surface area contributed by atoms with Gasteiger partial charge in [-0.3, -0.25) is 9.59 Å². The molecule has 1 aliphatic heterocycles. The molecule has 1 fully saturated rings. The maximum absolute atomic E-state index is 13.1. The van der Waals surface area contributed by atoms with Gasteiger partial charge >= 0.3 is 0 Å². The Balaban J connectivity index is 1.53. The van der Waals surface area contributed by atoms with Crippen LogP contribution in [0.5, 0.6) is 0 Å². The molecule has 31 heavy (non-hydrogen) atoms. The van der Waals surface area contributed by atoms with E-state index in [9.17, 15) is 9.59 Å². The van der Waals surface area contributed by atoms with Crippen LogP contribution in [0.2, 0.25) is 0 Å². The predicted molar refractivity (Wildman–Crippen MR) is 126 cm³/mol. The SMILES string of the molecule is Cc1cc(N2CCOCC2)ccc1NC(=O)c1ccccc1N(C)C(=O)c1cccs1. The Kier molecular flexibility index (Phi) is 6.34. The maximum atomic E-state index is 13.1. The molecule has 1 aliphatic rings. The summed E-state index contributed by atoms with van der Waals surface area (Å²) in [4.78, 5) is 30.3. The van der Waals surface area contributed by atoms with Crippen LogP contribution in [0.3, 0.4) is 0 Å². The van der Waals surface area contributed by atoms with Crippen LogP contribution >= 0.6 is 11.3 Å². The van der Waals surface area contributed by atoms with Crippen molar-refractivity contribution in [1.82, 2.24) is 0 Å². The van der Waals surface area contributed by atoms with Crippen LogP contribution in [0, 0.1) is 6.92 Å². The van der Waals surface area contributed by atoms with Gasteiger partial charge in [0.25, 0.3) is 11.8 Å². The first-order valence-electron chi connectivity index (χ1n) is 10.2. The van der Waals surface area contributed by atoms with Gasteiger partial charge in [0.05, 0.1) is 29.3 Å². The quantitative estimate of drug-likeness (QED) is 0.644. The molecule has 6 nitrogen and oxygen atoms in total. The van der Waals surface area contributed by atoms with E-state index in [-0.39, 0.29) is 11.8 Å². The molecule has 160 valence electrons. The van der Waals surface area contributed by atoms with Gasteiger partial charge in [-0.25, -0.2) is 0 Å². The summed E-state index contributed by atoms with van der Waals surface area (Å²) >= 11 is 1.38. The molecule has 0 saturated carbocycles. The van der Waals surface area contributed by atoms with Crippen LogP contribution in [0.25, 0.3) is 0 Å². The van der Waals surface area contributed by atoms with Crippen molar-refractivity contribution in [3.63, 3.8) is 0 Å². The summed E-state index contributed by atoms with van der Waals surface area (Å²) in [6, 6.07) is 16.8. The summed E-state index contributed by atoms with van der Waals surface area (Å²) in [6.07, 6.45) is 0. The van der Waals surface area contributed by atoms with Crippen molar-refractivity contribution in [3.8, 4) is 0 Å². The summed E-state index contributed by atoms with van der Waals surface area (Å²) in [7, 11) is 1.69. The number of amides is 2. The third-order valence-corrected chi connectivity index (χ3v) is 6.24. The number of hydrogen-bond acceptors (Lipinski definition) is 5. The number of benzene rings is 2. The highest BCUT2D eigenvalue weighted by molar-refractivity contribution is 7.12.